The lowest BCUT2D eigenvalue weighted by Gasteiger charge is -2.12. The molecule has 1 saturated carbocycles. The van der Waals surface area contributed by atoms with Gasteiger partial charge in [0, 0.05) is 28.9 Å². The molecule has 0 radical (unpaired) electrons. The first-order valence-electron chi connectivity index (χ1n) is 9.71. The molecule has 1 aliphatic carbocycles. The zero-order chi connectivity index (χ0) is 20.6. The third kappa shape index (κ3) is 5.60. The second kappa shape index (κ2) is 9.78. The fourth-order valence-corrected chi connectivity index (χ4v) is 3.36. The summed E-state index contributed by atoms with van der Waals surface area (Å²) in [5, 5.41) is 5.84. The summed E-state index contributed by atoms with van der Waals surface area (Å²) >= 11 is 0. The Morgan fingerprint density at radius 2 is 1.72 bits per heavy atom. The average molecular weight is 394 g/mol. The summed E-state index contributed by atoms with van der Waals surface area (Å²) in [4.78, 5) is 24.5. The first-order chi connectivity index (χ1) is 14.1. The highest BCUT2D eigenvalue weighted by Crippen LogP contribution is 2.25. The van der Waals surface area contributed by atoms with Gasteiger partial charge in [-0.3, -0.25) is 9.59 Å². The Morgan fingerprint density at radius 3 is 2.38 bits per heavy atom. The molecule has 1 fully saturated rings. The molecular formula is C23H26N2O4. The number of methoxy groups -OCH3 is 2. The van der Waals surface area contributed by atoms with E-state index in [0.717, 1.165) is 18.4 Å². The van der Waals surface area contributed by atoms with E-state index < -0.39 is 0 Å². The van der Waals surface area contributed by atoms with Gasteiger partial charge in [-0.05, 0) is 61.4 Å². The van der Waals surface area contributed by atoms with Crippen LogP contribution in [0.4, 0.5) is 5.69 Å². The molecule has 1 aliphatic rings. The molecule has 152 valence electrons. The number of carbonyl (C=O) groups is 2. The van der Waals surface area contributed by atoms with E-state index in [1.165, 1.54) is 18.9 Å². The lowest BCUT2D eigenvalue weighted by Crippen LogP contribution is -2.32. The summed E-state index contributed by atoms with van der Waals surface area (Å²) in [6, 6.07) is 12.5. The number of anilines is 1. The standard InChI is InChI=1S/C23H26N2O4/c1-28-20-12-13-21(29-2)17(15-20)9-14-22(26)24-19-10-7-16(8-11-19)23(27)25-18-5-3-4-6-18/h7-15,18H,3-6H2,1-2H3,(H,24,26)(H,25,27)/b14-9+. The van der Waals surface area contributed by atoms with Crippen LogP contribution >= 0.6 is 0 Å². The second-order valence-electron chi connectivity index (χ2n) is 6.96. The zero-order valence-electron chi connectivity index (χ0n) is 16.7. The summed E-state index contributed by atoms with van der Waals surface area (Å²) in [5.41, 5.74) is 1.95. The number of hydrogen-bond acceptors (Lipinski definition) is 4. The Hall–Kier alpha value is -3.28. The Bertz CT molecular complexity index is 884. The highest BCUT2D eigenvalue weighted by Gasteiger charge is 2.17. The van der Waals surface area contributed by atoms with Gasteiger partial charge in [0.25, 0.3) is 5.91 Å². The van der Waals surface area contributed by atoms with Gasteiger partial charge < -0.3 is 20.1 Å². The Morgan fingerprint density at radius 1 is 1.00 bits per heavy atom. The first-order valence-corrected chi connectivity index (χ1v) is 9.71. The molecule has 0 aliphatic heterocycles. The molecule has 3 rings (SSSR count). The van der Waals surface area contributed by atoms with E-state index in [2.05, 4.69) is 10.6 Å². The SMILES string of the molecule is COc1ccc(OC)c(/C=C/C(=O)Nc2ccc(C(=O)NC3CCCC3)cc2)c1. The van der Waals surface area contributed by atoms with Gasteiger partial charge in [-0.25, -0.2) is 0 Å². The normalized spacial score (nSPS) is 14.0. The van der Waals surface area contributed by atoms with Crippen LogP contribution in [-0.2, 0) is 4.79 Å². The van der Waals surface area contributed by atoms with Gasteiger partial charge in [0.1, 0.15) is 11.5 Å². The van der Waals surface area contributed by atoms with Crippen LogP contribution in [0.3, 0.4) is 0 Å². The van der Waals surface area contributed by atoms with Crippen molar-refractivity contribution in [3.8, 4) is 11.5 Å². The third-order valence-electron chi connectivity index (χ3n) is 4.96. The lowest BCUT2D eigenvalue weighted by molar-refractivity contribution is -0.111. The molecule has 0 spiro atoms. The summed E-state index contributed by atoms with van der Waals surface area (Å²) in [6.45, 7) is 0. The van der Waals surface area contributed by atoms with Gasteiger partial charge in [0.05, 0.1) is 14.2 Å². The van der Waals surface area contributed by atoms with E-state index >= 15 is 0 Å². The van der Waals surface area contributed by atoms with Gasteiger partial charge in [-0.2, -0.15) is 0 Å². The number of rotatable bonds is 7. The first kappa shape index (κ1) is 20.5. The summed E-state index contributed by atoms with van der Waals surface area (Å²) in [6.07, 6.45) is 7.53. The van der Waals surface area contributed by atoms with E-state index in [9.17, 15) is 9.59 Å². The predicted molar refractivity (Wildman–Crippen MR) is 113 cm³/mol. The molecule has 0 atom stereocenters. The highest BCUT2D eigenvalue weighted by atomic mass is 16.5. The van der Waals surface area contributed by atoms with Crippen molar-refractivity contribution in [2.45, 2.75) is 31.7 Å². The van der Waals surface area contributed by atoms with Crippen LogP contribution in [0.2, 0.25) is 0 Å². The van der Waals surface area contributed by atoms with Crippen LogP contribution in [0.15, 0.2) is 48.5 Å². The Labute approximate surface area is 170 Å². The molecule has 6 heteroatoms. The van der Waals surface area contributed by atoms with Crippen LogP contribution in [0.25, 0.3) is 6.08 Å². The van der Waals surface area contributed by atoms with Crippen molar-refractivity contribution in [1.82, 2.24) is 5.32 Å². The minimum absolute atomic E-state index is 0.0696. The zero-order valence-corrected chi connectivity index (χ0v) is 16.7. The Kier molecular flexibility index (Phi) is 6.89. The number of hydrogen-bond donors (Lipinski definition) is 2. The highest BCUT2D eigenvalue weighted by molar-refractivity contribution is 6.02. The van der Waals surface area contributed by atoms with Crippen molar-refractivity contribution < 1.29 is 19.1 Å². The molecule has 29 heavy (non-hydrogen) atoms. The van der Waals surface area contributed by atoms with Crippen molar-refractivity contribution in [2.75, 3.05) is 19.5 Å². The largest absolute Gasteiger partial charge is 0.497 e. The molecule has 2 N–H and O–H groups in total. The van der Waals surface area contributed by atoms with Crippen LogP contribution in [0, 0.1) is 0 Å². The quantitative estimate of drug-likeness (QED) is 0.695. The molecule has 0 heterocycles. The van der Waals surface area contributed by atoms with Crippen LogP contribution in [-0.4, -0.2) is 32.1 Å². The average Bonchev–Trinajstić information content (AvgIpc) is 3.25. The number of nitrogens with one attached hydrogen (secondary N) is 2. The van der Waals surface area contributed by atoms with Crippen molar-refractivity contribution in [3.05, 3.63) is 59.7 Å². The maximum Gasteiger partial charge on any atom is 0.251 e. The molecule has 0 aromatic heterocycles. The monoisotopic (exact) mass is 394 g/mol. The molecule has 6 nitrogen and oxygen atoms in total. The van der Waals surface area contributed by atoms with Crippen molar-refractivity contribution in [2.24, 2.45) is 0 Å². The predicted octanol–water partition coefficient (Wildman–Crippen LogP) is 4.03. The fourth-order valence-electron chi connectivity index (χ4n) is 3.36. The summed E-state index contributed by atoms with van der Waals surface area (Å²) in [5.74, 6) is 0.975. The maximum absolute atomic E-state index is 12.3. The molecular weight excluding hydrogens is 368 g/mol. The summed E-state index contributed by atoms with van der Waals surface area (Å²) in [7, 11) is 3.16. The molecule has 2 aromatic carbocycles. The van der Waals surface area contributed by atoms with Crippen molar-refractivity contribution >= 4 is 23.6 Å². The van der Waals surface area contributed by atoms with E-state index in [1.807, 2.05) is 0 Å². The van der Waals surface area contributed by atoms with Gasteiger partial charge in [0.15, 0.2) is 0 Å². The molecule has 0 saturated heterocycles. The molecule has 2 aromatic rings. The number of benzene rings is 2. The topological polar surface area (TPSA) is 76.7 Å². The van der Waals surface area contributed by atoms with Gasteiger partial charge in [-0.15, -0.1) is 0 Å². The maximum atomic E-state index is 12.3. The molecule has 0 bridgehead atoms. The number of ether oxygens (including phenoxy) is 2. The smallest absolute Gasteiger partial charge is 0.251 e. The molecule has 2 amide bonds. The summed E-state index contributed by atoms with van der Waals surface area (Å²) < 4.78 is 10.5. The Balaban J connectivity index is 1.59. The van der Waals surface area contributed by atoms with Gasteiger partial charge in [-0.1, -0.05) is 12.8 Å². The van der Waals surface area contributed by atoms with E-state index in [0.29, 0.717) is 22.7 Å². The van der Waals surface area contributed by atoms with E-state index in [4.69, 9.17) is 9.47 Å². The van der Waals surface area contributed by atoms with Crippen LogP contribution in [0.1, 0.15) is 41.6 Å². The van der Waals surface area contributed by atoms with Gasteiger partial charge >= 0.3 is 0 Å². The van der Waals surface area contributed by atoms with Gasteiger partial charge in [0.2, 0.25) is 5.91 Å². The minimum Gasteiger partial charge on any atom is -0.497 e. The second-order valence-corrected chi connectivity index (χ2v) is 6.96. The molecule has 0 unspecified atom stereocenters. The van der Waals surface area contributed by atoms with Crippen molar-refractivity contribution in [1.29, 1.82) is 0 Å². The fraction of sp³-hybridized carbons (Fsp3) is 0.304. The van der Waals surface area contributed by atoms with E-state index in [1.54, 1.807) is 62.8 Å². The van der Waals surface area contributed by atoms with Crippen molar-refractivity contribution in [3.63, 3.8) is 0 Å². The number of amides is 2. The van der Waals surface area contributed by atoms with E-state index in [-0.39, 0.29) is 17.9 Å². The van der Waals surface area contributed by atoms with Crippen LogP contribution in [0.5, 0.6) is 11.5 Å². The minimum atomic E-state index is -0.280. The number of carbonyl (C=O) groups excluding carboxylic acids is 2. The third-order valence-corrected chi connectivity index (χ3v) is 4.96. The lowest BCUT2D eigenvalue weighted by atomic mass is 10.1. The van der Waals surface area contributed by atoms with Crippen LogP contribution < -0.4 is 20.1 Å².